The molecule has 0 saturated heterocycles. The highest BCUT2D eigenvalue weighted by Gasteiger charge is 2.53. The van der Waals surface area contributed by atoms with Crippen LogP contribution in [-0.2, 0) is 16.2 Å². The van der Waals surface area contributed by atoms with E-state index >= 15 is 0 Å². The quantitative estimate of drug-likeness (QED) is 0.148. The van der Waals surface area contributed by atoms with E-state index in [0.29, 0.717) is 0 Å². The molecule has 0 radical (unpaired) electrons. The number of rotatable bonds is 7. The Kier molecular flexibility index (Phi) is 11.1. The van der Waals surface area contributed by atoms with Crippen molar-refractivity contribution in [3.63, 3.8) is 0 Å². The highest BCUT2D eigenvalue weighted by atomic mass is 16.5. The summed E-state index contributed by atoms with van der Waals surface area (Å²) in [6, 6.07) is 126. The summed E-state index contributed by atoms with van der Waals surface area (Å²) in [5, 5.41) is 4.54. The Balaban J connectivity index is 0.935. The number of hydrogen-bond acceptors (Lipinski definition) is 2. The minimum Gasteiger partial charge on any atom is -0.456 e. The maximum Gasteiger partial charge on any atom is 0.140 e. The van der Waals surface area contributed by atoms with Crippen LogP contribution in [0.25, 0.3) is 77.2 Å². The lowest BCUT2D eigenvalue weighted by Gasteiger charge is -2.42. The SMILES string of the molecule is c1ccc(C2(c3ccccc3)c3ccccc3Oc3c(-c4cccc5c(-c6cccc7c6-c6ccccc6C76c7ccccc7-c7ccccc76)c6cccc(-c7cccc8c7Oc7ccccc7C8(c7ccccc7)c7ccccc7)c6cc45)cccc32)cc1. The van der Waals surface area contributed by atoms with Crippen LogP contribution in [-0.4, -0.2) is 0 Å². The van der Waals surface area contributed by atoms with Crippen LogP contribution in [0.3, 0.4) is 0 Å². The normalized spacial score (nSPS) is 14.4. The monoisotopic (exact) mass is 1160 g/mol. The number of ether oxygens (including phenoxy) is 2. The standard InChI is InChI=1S/C89H56O2/c1-5-28-57(29-6-1)87(58-30-7-2-8-31-58)76-49-19-21-54-81(76)90-85-67(43-25-52-79(85)87)61-39-23-41-65-71(61)56-72-62(68-44-26-53-80-86(68)91-82-55-22-20-50-77(82)88(80,59-32-9-3-10-33-59)60-34-11-4-12-35-60)40-24-42-66(72)83(65)70-45-27-51-78-84(70)69-38-15-18-48-75(69)89(78)73-46-16-13-36-63(73)64-37-14-17-47-74(64)89/h1-56H. The topological polar surface area (TPSA) is 18.5 Å². The summed E-state index contributed by atoms with van der Waals surface area (Å²) in [4.78, 5) is 0. The van der Waals surface area contributed by atoms with Gasteiger partial charge in [0.15, 0.2) is 0 Å². The molecule has 2 aliphatic heterocycles. The lowest BCUT2D eigenvalue weighted by atomic mass is 9.63. The molecule has 424 valence electrons. The zero-order valence-corrected chi connectivity index (χ0v) is 49.6. The van der Waals surface area contributed by atoms with Crippen LogP contribution in [0.2, 0.25) is 0 Å². The Bertz CT molecular complexity index is 5110. The van der Waals surface area contributed by atoms with E-state index in [1.807, 2.05) is 0 Å². The molecule has 91 heavy (non-hydrogen) atoms. The van der Waals surface area contributed by atoms with Gasteiger partial charge in [-0.2, -0.15) is 0 Å². The summed E-state index contributed by atoms with van der Waals surface area (Å²) in [5.74, 6) is 3.36. The molecule has 0 fully saturated rings. The second-order valence-electron chi connectivity index (χ2n) is 24.7. The highest BCUT2D eigenvalue weighted by molar-refractivity contribution is 6.21. The third-order valence-corrected chi connectivity index (χ3v) is 20.6. The van der Waals surface area contributed by atoms with Crippen LogP contribution >= 0.6 is 0 Å². The summed E-state index contributed by atoms with van der Waals surface area (Å²) in [6.07, 6.45) is 0. The fourth-order valence-corrected chi connectivity index (χ4v) is 17.2. The maximum atomic E-state index is 7.48. The van der Waals surface area contributed by atoms with Crippen molar-refractivity contribution < 1.29 is 9.47 Å². The van der Waals surface area contributed by atoms with Crippen LogP contribution in [0.5, 0.6) is 23.0 Å². The van der Waals surface area contributed by atoms with Crippen LogP contribution in [0, 0.1) is 0 Å². The number of benzene rings is 15. The Morgan fingerprint density at radius 3 is 0.923 bits per heavy atom. The molecule has 2 heterocycles. The second kappa shape index (κ2) is 19.7. The summed E-state index contributed by atoms with van der Waals surface area (Å²) in [7, 11) is 0. The van der Waals surface area contributed by atoms with Crippen molar-refractivity contribution in [2.45, 2.75) is 16.2 Å². The van der Waals surface area contributed by atoms with Crippen molar-refractivity contribution in [2.24, 2.45) is 0 Å². The molecule has 0 aromatic heterocycles. The predicted molar refractivity (Wildman–Crippen MR) is 371 cm³/mol. The third kappa shape index (κ3) is 6.91. The zero-order chi connectivity index (χ0) is 59.8. The van der Waals surface area contributed by atoms with Gasteiger partial charge in [0.25, 0.3) is 0 Å². The molecule has 1 spiro atoms. The maximum absolute atomic E-state index is 7.48. The molecule has 4 aliphatic rings. The van der Waals surface area contributed by atoms with Gasteiger partial charge in [-0.3, -0.25) is 0 Å². The Morgan fingerprint density at radius 2 is 0.484 bits per heavy atom. The first-order chi connectivity index (χ1) is 45.2. The fourth-order valence-electron chi connectivity index (χ4n) is 17.2. The van der Waals surface area contributed by atoms with Gasteiger partial charge in [-0.15, -0.1) is 0 Å². The molecule has 0 N–H and O–H groups in total. The van der Waals surface area contributed by atoms with E-state index in [0.717, 1.165) is 89.1 Å². The molecule has 15 aromatic carbocycles. The van der Waals surface area contributed by atoms with E-state index in [2.05, 4.69) is 340 Å². The van der Waals surface area contributed by atoms with Gasteiger partial charge in [-0.25, -0.2) is 0 Å². The van der Waals surface area contributed by atoms with E-state index in [9.17, 15) is 0 Å². The fraction of sp³-hybridized carbons (Fsp3) is 0.0337. The average Bonchev–Trinajstić information content (AvgIpc) is 1.55. The minimum absolute atomic E-state index is 0.534. The van der Waals surface area contributed by atoms with Crippen molar-refractivity contribution in [3.8, 4) is 78.6 Å². The molecule has 2 nitrogen and oxygen atoms in total. The van der Waals surface area contributed by atoms with Gasteiger partial charge in [0, 0.05) is 33.4 Å². The van der Waals surface area contributed by atoms with Gasteiger partial charge < -0.3 is 9.47 Å². The molecular weight excluding hydrogens is 1100 g/mol. The van der Waals surface area contributed by atoms with Gasteiger partial charge in [0.05, 0.1) is 16.2 Å². The lowest BCUT2D eigenvalue weighted by molar-refractivity contribution is 0.436. The lowest BCUT2D eigenvalue weighted by Crippen LogP contribution is -2.34. The number of para-hydroxylation sites is 4. The van der Waals surface area contributed by atoms with Gasteiger partial charge in [0.1, 0.15) is 23.0 Å². The van der Waals surface area contributed by atoms with Crippen molar-refractivity contribution >= 4 is 21.5 Å². The smallest absolute Gasteiger partial charge is 0.140 e. The van der Waals surface area contributed by atoms with Crippen molar-refractivity contribution in [1.29, 1.82) is 0 Å². The molecule has 15 aromatic rings. The first-order valence-corrected chi connectivity index (χ1v) is 31.6. The zero-order valence-electron chi connectivity index (χ0n) is 49.6. The average molecular weight is 1160 g/mol. The predicted octanol–water partition coefficient (Wildman–Crippen LogP) is 22.3. The molecule has 0 amide bonds. The van der Waals surface area contributed by atoms with E-state index in [-0.39, 0.29) is 0 Å². The molecule has 0 bridgehead atoms. The summed E-state index contributed by atoms with van der Waals surface area (Å²) < 4.78 is 15.0. The van der Waals surface area contributed by atoms with Crippen LogP contribution in [0.1, 0.15) is 66.8 Å². The summed E-state index contributed by atoms with van der Waals surface area (Å²) in [6.45, 7) is 0. The van der Waals surface area contributed by atoms with E-state index in [1.54, 1.807) is 0 Å². The molecule has 0 unspecified atom stereocenters. The first kappa shape index (κ1) is 51.5. The molecule has 0 atom stereocenters. The summed E-state index contributed by atoms with van der Waals surface area (Å²) in [5.41, 5.74) is 24.1. The Labute approximate surface area is 529 Å². The molecule has 19 rings (SSSR count). The Hall–Kier alpha value is -11.6. The second-order valence-corrected chi connectivity index (χ2v) is 24.7. The van der Waals surface area contributed by atoms with Gasteiger partial charge in [-0.05, 0) is 129 Å². The first-order valence-electron chi connectivity index (χ1n) is 31.6. The number of fused-ring (bicyclic) bond motifs is 16. The van der Waals surface area contributed by atoms with Gasteiger partial charge >= 0.3 is 0 Å². The summed E-state index contributed by atoms with van der Waals surface area (Å²) >= 11 is 0. The van der Waals surface area contributed by atoms with E-state index in [4.69, 9.17) is 9.47 Å². The molecule has 2 heteroatoms. The van der Waals surface area contributed by atoms with Gasteiger partial charge in [0.2, 0.25) is 0 Å². The third-order valence-electron chi connectivity index (χ3n) is 20.6. The molecule has 0 saturated carbocycles. The van der Waals surface area contributed by atoms with Crippen LogP contribution in [0.15, 0.2) is 340 Å². The largest absolute Gasteiger partial charge is 0.456 e. The van der Waals surface area contributed by atoms with Crippen molar-refractivity contribution in [3.05, 3.63) is 406 Å². The minimum atomic E-state index is -0.705. The van der Waals surface area contributed by atoms with E-state index in [1.165, 1.54) is 77.9 Å². The van der Waals surface area contributed by atoms with Crippen molar-refractivity contribution in [2.75, 3.05) is 0 Å². The van der Waals surface area contributed by atoms with Gasteiger partial charge in [-0.1, -0.05) is 322 Å². The van der Waals surface area contributed by atoms with E-state index < -0.39 is 16.2 Å². The Morgan fingerprint density at radius 1 is 0.176 bits per heavy atom. The molecular formula is C89H56O2. The number of hydrogen-bond donors (Lipinski definition) is 0. The van der Waals surface area contributed by atoms with Crippen molar-refractivity contribution in [1.82, 2.24) is 0 Å². The van der Waals surface area contributed by atoms with Crippen LogP contribution in [0.4, 0.5) is 0 Å². The molecule has 2 aliphatic carbocycles. The van der Waals surface area contributed by atoms with Crippen LogP contribution < -0.4 is 9.47 Å². The highest BCUT2D eigenvalue weighted by Crippen LogP contribution is 2.66.